The van der Waals surface area contributed by atoms with Gasteiger partial charge in [-0.1, -0.05) is 29.3 Å². The molecule has 1 saturated heterocycles. The van der Waals surface area contributed by atoms with Gasteiger partial charge in [0.15, 0.2) is 11.4 Å². The van der Waals surface area contributed by atoms with Gasteiger partial charge < -0.3 is 9.47 Å². The highest BCUT2D eigenvalue weighted by Crippen LogP contribution is 2.46. The topological polar surface area (TPSA) is 52.6 Å². The number of hydrogen-bond donors (Lipinski definition) is 0. The molecule has 1 aliphatic carbocycles. The van der Waals surface area contributed by atoms with Gasteiger partial charge in [0.2, 0.25) is 0 Å². The van der Waals surface area contributed by atoms with Crippen LogP contribution in [-0.4, -0.2) is 31.1 Å². The number of rotatable bonds is 3. The molecule has 124 valence electrons. The number of carbonyl (C=O) groups excluding carboxylic acids is 2. The summed E-state index contributed by atoms with van der Waals surface area (Å²) in [5, 5.41) is 0.783. The van der Waals surface area contributed by atoms with Gasteiger partial charge in [0.25, 0.3) is 0 Å². The standard InChI is InChI=1S/C17H18Cl2O4/c1-22-9-10-4-6-17(7-5-10)15(20)14(16(21)23-17)12-3-2-11(18)8-13(12)19/h2-3,8,10,14H,4-7,9H2,1H3. The maximum absolute atomic E-state index is 12.9. The Morgan fingerprint density at radius 3 is 2.57 bits per heavy atom. The van der Waals surface area contributed by atoms with Crippen molar-refractivity contribution in [2.75, 3.05) is 13.7 Å². The van der Waals surface area contributed by atoms with Crippen molar-refractivity contribution in [3.05, 3.63) is 33.8 Å². The van der Waals surface area contributed by atoms with Crippen LogP contribution in [0.15, 0.2) is 18.2 Å². The second kappa shape index (κ2) is 6.42. The molecular weight excluding hydrogens is 339 g/mol. The fourth-order valence-electron chi connectivity index (χ4n) is 3.57. The molecule has 3 rings (SSSR count). The van der Waals surface area contributed by atoms with Crippen LogP contribution in [0.3, 0.4) is 0 Å². The Morgan fingerprint density at radius 1 is 1.26 bits per heavy atom. The lowest BCUT2D eigenvalue weighted by Gasteiger charge is -2.34. The third kappa shape index (κ3) is 3.00. The first-order valence-corrected chi connectivity index (χ1v) is 8.43. The second-order valence-corrected chi connectivity index (χ2v) is 7.12. The van der Waals surface area contributed by atoms with Crippen LogP contribution in [0.25, 0.3) is 0 Å². The Morgan fingerprint density at radius 2 is 1.96 bits per heavy atom. The number of halogens is 2. The maximum atomic E-state index is 12.9. The van der Waals surface area contributed by atoms with E-state index in [0.29, 0.717) is 41.0 Å². The molecule has 2 aliphatic rings. The number of ether oxygens (including phenoxy) is 2. The van der Waals surface area contributed by atoms with E-state index >= 15 is 0 Å². The summed E-state index contributed by atoms with van der Waals surface area (Å²) in [4.78, 5) is 25.3. The quantitative estimate of drug-likeness (QED) is 0.610. The molecule has 1 heterocycles. The van der Waals surface area contributed by atoms with Crippen LogP contribution in [0.1, 0.15) is 37.2 Å². The number of methoxy groups -OCH3 is 1. The summed E-state index contributed by atoms with van der Waals surface area (Å²) in [5.74, 6) is -1.22. The van der Waals surface area contributed by atoms with E-state index in [1.165, 1.54) is 0 Å². The molecule has 0 bridgehead atoms. The molecule has 6 heteroatoms. The van der Waals surface area contributed by atoms with E-state index in [1.807, 2.05) is 0 Å². The number of carbonyl (C=O) groups is 2. The molecule has 1 unspecified atom stereocenters. The molecule has 1 spiro atoms. The first kappa shape index (κ1) is 16.7. The van der Waals surface area contributed by atoms with E-state index in [0.717, 1.165) is 12.8 Å². The Labute approximate surface area is 145 Å². The summed E-state index contributed by atoms with van der Waals surface area (Å²) in [6, 6.07) is 4.80. The minimum absolute atomic E-state index is 0.178. The van der Waals surface area contributed by atoms with Crippen LogP contribution in [0.5, 0.6) is 0 Å². The zero-order chi connectivity index (χ0) is 16.6. The van der Waals surface area contributed by atoms with E-state index in [2.05, 4.69) is 0 Å². The number of benzene rings is 1. The Bertz CT molecular complexity index is 635. The number of hydrogen-bond acceptors (Lipinski definition) is 4. The van der Waals surface area contributed by atoms with Gasteiger partial charge in [-0.05, 0) is 49.3 Å². The fourth-order valence-corrected chi connectivity index (χ4v) is 4.09. The number of Topliss-reactive ketones (excluding diaryl/α,β-unsaturated/α-hetero) is 1. The third-order valence-electron chi connectivity index (χ3n) is 4.83. The second-order valence-electron chi connectivity index (χ2n) is 6.28. The zero-order valence-electron chi connectivity index (χ0n) is 12.8. The van der Waals surface area contributed by atoms with Gasteiger partial charge in [-0.2, -0.15) is 0 Å². The molecule has 1 aromatic carbocycles. The molecule has 0 amide bonds. The average molecular weight is 357 g/mol. The Balaban J connectivity index is 1.83. The Kier molecular flexibility index (Phi) is 4.68. The fraction of sp³-hybridized carbons (Fsp3) is 0.529. The molecule has 1 atom stereocenters. The van der Waals surface area contributed by atoms with Crippen molar-refractivity contribution in [2.24, 2.45) is 5.92 Å². The number of ketones is 1. The van der Waals surface area contributed by atoms with Crippen molar-refractivity contribution in [1.29, 1.82) is 0 Å². The molecule has 23 heavy (non-hydrogen) atoms. The van der Waals surface area contributed by atoms with Gasteiger partial charge in [0.05, 0.1) is 0 Å². The molecule has 0 radical (unpaired) electrons. The van der Waals surface area contributed by atoms with Crippen molar-refractivity contribution in [1.82, 2.24) is 0 Å². The van der Waals surface area contributed by atoms with Gasteiger partial charge in [-0.25, -0.2) is 0 Å². The van der Waals surface area contributed by atoms with Crippen LogP contribution in [0.4, 0.5) is 0 Å². The van der Waals surface area contributed by atoms with E-state index in [4.69, 9.17) is 32.7 Å². The monoisotopic (exact) mass is 356 g/mol. The predicted molar refractivity (Wildman–Crippen MR) is 86.9 cm³/mol. The molecule has 2 fully saturated rings. The van der Waals surface area contributed by atoms with Crippen LogP contribution in [-0.2, 0) is 19.1 Å². The van der Waals surface area contributed by atoms with E-state index < -0.39 is 17.5 Å². The van der Waals surface area contributed by atoms with Gasteiger partial charge in [-0.15, -0.1) is 0 Å². The van der Waals surface area contributed by atoms with Gasteiger partial charge in [-0.3, -0.25) is 9.59 Å². The lowest BCUT2D eigenvalue weighted by molar-refractivity contribution is -0.156. The van der Waals surface area contributed by atoms with Crippen LogP contribution >= 0.6 is 23.2 Å². The molecular formula is C17H18Cl2O4. The van der Waals surface area contributed by atoms with Gasteiger partial charge in [0, 0.05) is 23.8 Å². The van der Waals surface area contributed by atoms with Gasteiger partial charge >= 0.3 is 5.97 Å². The first-order chi connectivity index (χ1) is 11.0. The molecule has 1 aromatic rings. The summed E-state index contributed by atoms with van der Waals surface area (Å²) in [7, 11) is 1.67. The Hall–Kier alpha value is -1.10. The highest BCUT2D eigenvalue weighted by molar-refractivity contribution is 6.35. The lowest BCUT2D eigenvalue weighted by Crippen LogP contribution is -2.41. The SMILES string of the molecule is COCC1CCC2(CC1)OC(=O)C(c1ccc(Cl)cc1Cl)C2=O. The maximum Gasteiger partial charge on any atom is 0.322 e. The van der Waals surface area contributed by atoms with Crippen LogP contribution < -0.4 is 0 Å². The summed E-state index contributed by atoms with van der Waals surface area (Å²) >= 11 is 12.1. The largest absolute Gasteiger partial charge is 0.450 e. The van der Waals surface area contributed by atoms with Crippen molar-refractivity contribution < 1.29 is 19.1 Å². The first-order valence-electron chi connectivity index (χ1n) is 7.68. The van der Waals surface area contributed by atoms with Crippen molar-refractivity contribution in [3.63, 3.8) is 0 Å². The molecule has 1 saturated carbocycles. The predicted octanol–water partition coefficient (Wildman–Crippen LogP) is 3.78. The highest BCUT2D eigenvalue weighted by Gasteiger charge is 2.56. The van der Waals surface area contributed by atoms with Crippen molar-refractivity contribution in [2.45, 2.75) is 37.2 Å². The highest BCUT2D eigenvalue weighted by atomic mass is 35.5. The minimum Gasteiger partial charge on any atom is -0.450 e. The molecule has 4 nitrogen and oxygen atoms in total. The summed E-state index contributed by atoms with van der Waals surface area (Å²) in [5.41, 5.74) is -0.517. The zero-order valence-corrected chi connectivity index (χ0v) is 14.3. The van der Waals surface area contributed by atoms with E-state index in [9.17, 15) is 9.59 Å². The van der Waals surface area contributed by atoms with Crippen LogP contribution in [0.2, 0.25) is 10.0 Å². The molecule has 0 aromatic heterocycles. The van der Waals surface area contributed by atoms with Crippen LogP contribution in [0, 0.1) is 5.92 Å². The van der Waals surface area contributed by atoms with E-state index in [1.54, 1.807) is 25.3 Å². The molecule has 0 N–H and O–H groups in total. The van der Waals surface area contributed by atoms with Crippen molar-refractivity contribution in [3.8, 4) is 0 Å². The van der Waals surface area contributed by atoms with Crippen molar-refractivity contribution >= 4 is 35.0 Å². The smallest absolute Gasteiger partial charge is 0.322 e. The molecule has 1 aliphatic heterocycles. The summed E-state index contributed by atoms with van der Waals surface area (Å²) in [6.07, 6.45) is 2.72. The normalized spacial score (nSPS) is 30.7. The van der Waals surface area contributed by atoms with Gasteiger partial charge in [0.1, 0.15) is 5.92 Å². The lowest BCUT2D eigenvalue weighted by atomic mass is 9.74. The number of esters is 1. The van der Waals surface area contributed by atoms with E-state index in [-0.39, 0.29) is 5.78 Å². The summed E-state index contributed by atoms with van der Waals surface area (Å²) in [6.45, 7) is 0.671. The average Bonchev–Trinajstić information content (AvgIpc) is 2.74. The summed E-state index contributed by atoms with van der Waals surface area (Å²) < 4.78 is 10.7. The third-order valence-corrected chi connectivity index (χ3v) is 5.39. The minimum atomic E-state index is -0.991.